The van der Waals surface area contributed by atoms with E-state index in [0.29, 0.717) is 0 Å². The van der Waals surface area contributed by atoms with Crippen LogP contribution in [-0.4, -0.2) is 9.97 Å². The number of aromatic amines is 1. The van der Waals surface area contributed by atoms with Crippen molar-refractivity contribution in [2.45, 2.75) is 32.4 Å². The Bertz CT molecular complexity index is 815. The molecule has 2 nitrogen and oxygen atoms in total. The summed E-state index contributed by atoms with van der Waals surface area (Å²) in [7, 11) is 0. The van der Waals surface area contributed by atoms with Gasteiger partial charge in [0, 0.05) is 11.3 Å². The van der Waals surface area contributed by atoms with Gasteiger partial charge in [0.2, 0.25) is 0 Å². The van der Waals surface area contributed by atoms with Crippen LogP contribution in [0.25, 0.3) is 22.4 Å². The molecule has 0 saturated heterocycles. The van der Waals surface area contributed by atoms with E-state index in [-0.39, 0.29) is 0 Å². The van der Waals surface area contributed by atoms with E-state index in [1.165, 1.54) is 12.1 Å². The number of benzene rings is 2. The molecule has 5 heteroatoms. The SMILES string of the molecule is CCCCc1[nH][c]nc1-c1ccc(-c2ccc(C(F)(F)F)cc2)cc1. The molecule has 0 spiro atoms. The lowest BCUT2D eigenvalue weighted by Crippen LogP contribution is -2.03. The number of nitrogens with zero attached hydrogens (tertiary/aromatic N) is 1. The van der Waals surface area contributed by atoms with Crippen LogP contribution in [-0.2, 0) is 12.6 Å². The minimum Gasteiger partial charge on any atom is -0.339 e. The highest BCUT2D eigenvalue weighted by Gasteiger charge is 2.29. The van der Waals surface area contributed by atoms with Crippen LogP contribution in [0.15, 0.2) is 48.5 Å². The third-order valence-electron chi connectivity index (χ3n) is 4.14. The zero-order chi connectivity index (χ0) is 17.9. The van der Waals surface area contributed by atoms with Gasteiger partial charge < -0.3 is 4.98 Å². The number of halogens is 3. The van der Waals surface area contributed by atoms with E-state index in [9.17, 15) is 13.2 Å². The quantitative estimate of drug-likeness (QED) is 0.613. The number of imidazole rings is 1. The monoisotopic (exact) mass is 343 g/mol. The molecule has 0 fully saturated rings. The van der Waals surface area contributed by atoms with E-state index >= 15 is 0 Å². The number of H-pyrrole nitrogens is 1. The van der Waals surface area contributed by atoms with E-state index in [4.69, 9.17) is 0 Å². The van der Waals surface area contributed by atoms with Crippen molar-refractivity contribution >= 4 is 0 Å². The first kappa shape index (κ1) is 17.3. The number of aryl methyl sites for hydroxylation is 1. The van der Waals surface area contributed by atoms with Crippen molar-refractivity contribution in [3.8, 4) is 22.4 Å². The third-order valence-corrected chi connectivity index (χ3v) is 4.14. The van der Waals surface area contributed by atoms with Crippen molar-refractivity contribution in [1.82, 2.24) is 9.97 Å². The zero-order valence-electron chi connectivity index (χ0n) is 13.8. The van der Waals surface area contributed by atoms with Crippen LogP contribution in [0.2, 0.25) is 0 Å². The van der Waals surface area contributed by atoms with Crippen LogP contribution in [0, 0.1) is 6.33 Å². The molecule has 2 aromatic carbocycles. The predicted octanol–water partition coefficient (Wildman–Crippen LogP) is 5.91. The summed E-state index contributed by atoms with van der Waals surface area (Å²) in [6.07, 6.45) is 1.58. The number of aromatic nitrogens is 2. The first-order chi connectivity index (χ1) is 12.0. The Morgan fingerprint density at radius 1 is 0.920 bits per heavy atom. The Labute approximate surface area is 144 Å². The number of nitrogens with one attached hydrogen (secondary N) is 1. The molecule has 1 aromatic heterocycles. The molecule has 1 N–H and O–H groups in total. The zero-order valence-corrected chi connectivity index (χ0v) is 13.8. The van der Waals surface area contributed by atoms with Gasteiger partial charge in [-0.3, -0.25) is 0 Å². The molecule has 0 bridgehead atoms. The predicted molar refractivity (Wildman–Crippen MR) is 91.9 cm³/mol. The summed E-state index contributed by atoms with van der Waals surface area (Å²) < 4.78 is 37.9. The van der Waals surface area contributed by atoms with Gasteiger partial charge in [0.25, 0.3) is 0 Å². The fourth-order valence-electron chi connectivity index (χ4n) is 2.72. The number of unbranched alkanes of at least 4 members (excludes halogenated alkanes) is 1. The number of hydrogen-bond donors (Lipinski definition) is 1. The second kappa shape index (κ2) is 7.13. The average molecular weight is 343 g/mol. The maximum atomic E-state index is 12.6. The summed E-state index contributed by atoms with van der Waals surface area (Å²) in [5.41, 5.74) is 3.89. The lowest BCUT2D eigenvalue weighted by atomic mass is 10.0. The van der Waals surface area contributed by atoms with Crippen LogP contribution in [0.3, 0.4) is 0 Å². The first-order valence-corrected chi connectivity index (χ1v) is 8.22. The molecular formula is C20H18F3N2. The molecule has 0 unspecified atom stereocenters. The molecule has 0 aliphatic carbocycles. The van der Waals surface area contributed by atoms with Gasteiger partial charge in [-0.25, -0.2) is 4.98 Å². The summed E-state index contributed by atoms with van der Waals surface area (Å²) in [5.74, 6) is 0. The fraction of sp³-hybridized carbons (Fsp3) is 0.250. The van der Waals surface area contributed by atoms with Crippen LogP contribution >= 0.6 is 0 Å². The molecule has 1 heterocycles. The second-order valence-corrected chi connectivity index (χ2v) is 5.93. The Morgan fingerprint density at radius 3 is 2.04 bits per heavy atom. The van der Waals surface area contributed by atoms with Crippen molar-refractivity contribution in [2.75, 3.05) is 0 Å². The van der Waals surface area contributed by atoms with Crippen molar-refractivity contribution in [1.29, 1.82) is 0 Å². The Kier molecular flexibility index (Phi) is 4.93. The molecule has 3 aromatic rings. The van der Waals surface area contributed by atoms with Gasteiger partial charge in [0.05, 0.1) is 11.3 Å². The minimum atomic E-state index is -4.31. The largest absolute Gasteiger partial charge is 0.416 e. The highest BCUT2D eigenvalue weighted by atomic mass is 19.4. The van der Waals surface area contributed by atoms with Gasteiger partial charge in [0.15, 0.2) is 6.33 Å². The van der Waals surface area contributed by atoms with Gasteiger partial charge in [-0.1, -0.05) is 49.7 Å². The normalized spacial score (nSPS) is 11.7. The van der Waals surface area contributed by atoms with E-state index < -0.39 is 11.7 Å². The Hall–Kier alpha value is -2.56. The molecule has 0 amide bonds. The van der Waals surface area contributed by atoms with Crippen LogP contribution in [0.1, 0.15) is 31.0 Å². The first-order valence-electron chi connectivity index (χ1n) is 8.22. The summed E-state index contributed by atoms with van der Waals surface area (Å²) in [5, 5.41) is 0. The minimum absolute atomic E-state index is 0.638. The average Bonchev–Trinajstić information content (AvgIpc) is 3.08. The van der Waals surface area contributed by atoms with Crippen molar-refractivity contribution < 1.29 is 13.2 Å². The molecule has 0 saturated carbocycles. The standard InChI is InChI=1S/C20H18F3N2/c1-2-3-4-18-19(25-13-24-18)16-7-5-14(6-8-16)15-9-11-17(12-10-15)20(21,22)23/h5-12H,2-4H2,1H3,(H,24,25). The van der Waals surface area contributed by atoms with Gasteiger partial charge in [-0.05, 0) is 36.1 Å². The molecule has 3 rings (SSSR count). The number of hydrogen-bond acceptors (Lipinski definition) is 1. The Morgan fingerprint density at radius 2 is 1.48 bits per heavy atom. The lowest BCUT2D eigenvalue weighted by molar-refractivity contribution is -0.137. The number of rotatable bonds is 5. The highest BCUT2D eigenvalue weighted by Crippen LogP contribution is 2.31. The molecule has 25 heavy (non-hydrogen) atoms. The van der Waals surface area contributed by atoms with E-state index in [2.05, 4.69) is 23.2 Å². The van der Waals surface area contributed by atoms with Crippen molar-refractivity contribution in [3.05, 3.63) is 66.1 Å². The summed E-state index contributed by atoms with van der Waals surface area (Å²) in [6.45, 7) is 2.14. The summed E-state index contributed by atoms with van der Waals surface area (Å²) in [4.78, 5) is 7.34. The van der Waals surface area contributed by atoms with Crippen LogP contribution in [0.5, 0.6) is 0 Å². The van der Waals surface area contributed by atoms with E-state index in [0.717, 1.165) is 59.5 Å². The van der Waals surface area contributed by atoms with Gasteiger partial charge in [-0.2, -0.15) is 13.2 Å². The molecule has 0 aliphatic heterocycles. The third kappa shape index (κ3) is 3.92. The molecule has 0 atom stereocenters. The van der Waals surface area contributed by atoms with Gasteiger partial charge >= 0.3 is 6.18 Å². The summed E-state index contributed by atoms with van der Waals surface area (Å²) >= 11 is 0. The highest BCUT2D eigenvalue weighted by molar-refractivity contribution is 5.69. The molecule has 1 radical (unpaired) electrons. The Balaban J connectivity index is 1.82. The molecular weight excluding hydrogens is 325 g/mol. The maximum Gasteiger partial charge on any atom is 0.416 e. The maximum absolute atomic E-state index is 12.6. The lowest BCUT2D eigenvalue weighted by Gasteiger charge is -2.08. The topological polar surface area (TPSA) is 28.7 Å². The van der Waals surface area contributed by atoms with Crippen molar-refractivity contribution in [2.24, 2.45) is 0 Å². The van der Waals surface area contributed by atoms with E-state index in [1.54, 1.807) is 0 Å². The smallest absolute Gasteiger partial charge is 0.339 e. The fourth-order valence-corrected chi connectivity index (χ4v) is 2.72. The van der Waals surface area contributed by atoms with Crippen LogP contribution in [0.4, 0.5) is 13.2 Å². The number of alkyl halides is 3. The summed E-state index contributed by atoms with van der Waals surface area (Å²) in [6, 6.07) is 12.9. The van der Waals surface area contributed by atoms with Crippen molar-refractivity contribution in [3.63, 3.8) is 0 Å². The van der Waals surface area contributed by atoms with Gasteiger partial charge in [0.1, 0.15) is 0 Å². The second-order valence-electron chi connectivity index (χ2n) is 5.93. The van der Waals surface area contributed by atoms with E-state index in [1.807, 2.05) is 24.3 Å². The van der Waals surface area contributed by atoms with Gasteiger partial charge in [-0.15, -0.1) is 0 Å². The van der Waals surface area contributed by atoms with Crippen LogP contribution < -0.4 is 0 Å². The molecule has 0 aliphatic rings. The molecule has 129 valence electrons.